The second kappa shape index (κ2) is 6.06. The van der Waals surface area contributed by atoms with Gasteiger partial charge >= 0.3 is 6.03 Å². The molecule has 0 spiro atoms. The molecule has 0 aliphatic carbocycles. The third kappa shape index (κ3) is 2.83. The molecule has 6 nitrogen and oxygen atoms in total. The Morgan fingerprint density at radius 3 is 3.00 bits per heavy atom. The van der Waals surface area contributed by atoms with Crippen LogP contribution in [0, 0.1) is 12.7 Å². The highest BCUT2D eigenvalue weighted by Gasteiger charge is 2.34. The number of hydrogen-bond donors (Lipinski definition) is 1. The average Bonchev–Trinajstić information content (AvgIpc) is 2.93. The van der Waals surface area contributed by atoms with Gasteiger partial charge < -0.3 is 9.80 Å². The van der Waals surface area contributed by atoms with Crippen LogP contribution in [0.15, 0.2) is 24.4 Å². The van der Waals surface area contributed by atoms with E-state index in [-0.39, 0.29) is 17.9 Å². The molecule has 25 heavy (non-hydrogen) atoms. The van der Waals surface area contributed by atoms with Crippen LogP contribution in [0.2, 0.25) is 0 Å². The summed E-state index contributed by atoms with van der Waals surface area (Å²) in [5.41, 5.74) is 2.60. The van der Waals surface area contributed by atoms with Gasteiger partial charge in [-0.1, -0.05) is 12.1 Å². The Bertz CT molecular complexity index is 798. The lowest BCUT2D eigenvalue weighted by molar-refractivity contribution is 0.171. The summed E-state index contributed by atoms with van der Waals surface area (Å²) in [7, 11) is 1.85. The number of para-hydroxylation sites is 1. The highest BCUT2D eigenvalue weighted by atomic mass is 19.1. The molecule has 0 radical (unpaired) electrons. The van der Waals surface area contributed by atoms with Crippen LogP contribution in [-0.2, 0) is 13.6 Å². The Labute approximate surface area is 146 Å². The number of urea groups is 1. The number of nitrogens with zero attached hydrogens (tertiary/aromatic N) is 4. The Morgan fingerprint density at radius 2 is 2.20 bits per heavy atom. The van der Waals surface area contributed by atoms with E-state index < -0.39 is 0 Å². The first-order valence-electron chi connectivity index (χ1n) is 8.63. The van der Waals surface area contributed by atoms with Crippen LogP contribution in [0.4, 0.5) is 20.7 Å². The summed E-state index contributed by atoms with van der Waals surface area (Å²) in [6, 6.07) is 5.10. The molecule has 3 heterocycles. The lowest BCUT2D eigenvalue weighted by Gasteiger charge is -2.41. The quantitative estimate of drug-likeness (QED) is 0.912. The zero-order valence-corrected chi connectivity index (χ0v) is 14.5. The van der Waals surface area contributed by atoms with E-state index in [1.54, 1.807) is 10.7 Å². The Balaban J connectivity index is 1.56. The molecule has 1 atom stereocenters. The van der Waals surface area contributed by atoms with Gasteiger partial charge in [0.1, 0.15) is 5.82 Å². The Morgan fingerprint density at radius 1 is 1.36 bits per heavy atom. The van der Waals surface area contributed by atoms with Crippen molar-refractivity contribution in [3.63, 3.8) is 0 Å². The molecular weight excluding hydrogens is 321 g/mol. The number of amides is 2. The van der Waals surface area contributed by atoms with Crippen LogP contribution in [0.3, 0.4) is 0 Å². The molecule has 2 aliphatic heterocycles. The van der Waals surface area contributed by atoms with E-state index >= 15 is 0 Å². The van der Waals surface area contributed by atoms with Crippen molar-refractivity contribution in [1.82, 2.24) is 14.7 Å². The van der Waals surface area contributed by atoms with E-state index in [4.69, 9.17) is 0 Å². The largest absolute Gasteiger partial charge is 0.367 e. The number of carbonyl (C=O) groups excluding carboxylic acids is 1. The summed E-state index contributed by atoms with van der Waals surface area (Å²) < 4.78 is 16.0. The number of nitrogens with one attached hydrogen (secondary N) is 1. The molecule has 1 aromatic carbocycles. The van der Waals surface area contributed by atoms with Crippen molar-refractivity contribution < 1.29 is 9.18 Å². The monoisotopic (exact) mass is 343 g/mol. The predicted molar refractivity (Wildman–Crippen MR) is 94.1 cm³/mol. The summed E-state index contributed by atoms with van der Waals surface area (Å²) in [4.78, 5) is 16.4. The molecule has 7 heteroatoms. The summed E-state index contributed by atoms with van der Waals surface area (Å²) in [5, 5.41) is 7.13. The second-order valence-corrected chi connectivity index (χ2v) is 6.88. The molecule has 1 saturated heterocycles. The minimum absolute atomic E-state index is 0.0566. The van der Waals surface area contributed by atoms with Crippen molar-refractivity contribution in [2.75, 3.05) is 23.3 Å². The molecule has 2 amide bonds. The molecule has 1 fully saturated rings. The van der Waals surface area contributed by atoms with Gasteiger partial charge in [-0.3, -0.25) is 10.00 Å². The first kappa shape index (κ1) is 15.9. The van der Waals surface area contributed by atoms with Gasteiger partial charge in [-0.25, -0.2) is 9.18 Å². The van der Waals surface area contributed by atoms with Gasteiger partial charge in [-0.2, -0.15) is 5.10 Å². The van der Waals surface area contributed by atoms with Crippen molar-refractivity contribution in [3.8, 4) is 0 Å². The molecule has 1 unspecified atom stereocenters. The Hall–Kier alpha value is -2.57. The first-order valence-corrected chi connectivity index (χ1v) is 8.63. The van der Waals surface area contributed by atoms with Crippen LogP contribution in [0.1, 0.15) is 24.0 Å². The maximum absolute atomic E-state index is 14.3. The van der Waals surface area contributed by atoms with E-state index in [1.165, 1.54) is 6.07 Å². The fraction of sp³-hybridized carbons (Fsp3) is 0.444. The summed E-state index contributed by atoms with van der Waals surface area (Å²) in [5.74, 6) is 0.444. The molecule has 2 aliphatic rings. The summed E-state index contributed by atoms with van der Waals surface area (Å²) in [6.45, 7) is 3.93. The number of aryl methyl sites for hydroxylation is 2. The third-order valence-electron chi connectivity index (χ3n) is 5.07. The van der Waals surface area contributed by atoms with Gasteiger partial charge in [0.05, 0.1) is 18.3 Å². The van der Waals surface area contributed by atoms with Gasteiger partial charge in [0.25, 0.3) is 0 Å². The SMILES string of the molecule is Cc1cccc(F)c1N1CCCC(N2Cc3cn(C)nc3NC2=O)C1. The van der Waals surface area contributed by atoms with Crippen LogP contribution < -0.4 is 10.2 Å². The number of benzene rings is 1. The molecule has 4 rings (SSSR count). The van der Waals surface area contributed by atoms with E-state index in [2.05, 4.69) is 15.3 Å². The van der Waals surface area contributed by atoms with Crippen molar-refractivity contribution in [2.24, 2.45) is 7.05 Å². The van der Waals surface area contributed by atoms with Crippen LogP contribution in [0.5, 0.6) is 0 Å². The predicted octanol–water partition coefficient (Wildman–Crippen LogP) is 2.88. The molecule has 1 aromatic heterocycles. The van der Waals surface area contributed by atoms with Gasteiger partial charge in [-0.15, -0.1) is 0 Å². The van der Waals surface area contributed by atoms with Gasteiger partial charge in [-0.05, 0) is 31.4 Å². The van der Waals surface area contributed by atoms with Crippen LogP contribution in [-0.4, -0.2) is 39.8 Å². The molecule has 0 bridgehead atoms. The van der Waals surface area contributed by atoms with Gasteiger partial charge in [0.2, 0.25) is 0 Å². The van der Waals surface area contributed by atoms with Crippen molar-refractivity contribution in [3.05, 3.63) is 41.3 Å². The van der Waals surface area contributed by atoms with Crippen LogP contribution >= 0.6 is 0 Å². The van der Waals surface area contributed by atoms with Gasteiger partial charge in [0, 0.05) is 31.9 Å². The molecular formula is C18H22FN5O. The maximum atomic E-state index is 14.3. The topological polar surface area (TPSA) is 53.4 Å². The van der Waals surface area contributed by atoms with E-state index in [0.29, 0.717) is 24.6 Å². The molecule has 2 aromatic rings. The number of halogens is 1. The highest BCUT2D eigenvalue weighted by Crippen LogP contribution is 2.30. The first-order chi connectivity index (χ1) is 12.0. The highest BCUT2D eigenvalue weighted by molar-refractivity contribution is 5.91. The lowest BCUT2D eigenvalue weighted by Crippen LogP contribution is -2.52. The number of hydrogen-bond acceptors (Lipinski definition) is 3. The summed E-state index contributed by atoms with van der Waals surface area (Å²) >= 11 is 0. The Kier molecular flexibility index (Phi) is 3.86. The van der Waals surface area contributed by atoms with Crippen molar-refractivity contribution in [1.29, 1.82) is 0 Å². The summed E-state index contributed by atoms with van der Waals surface area (Å²) in [6.07, 6.45) is 3.79. The number of piperidine rings is 1. The zero-order valence-electron chi connectivity index (χ0n) is 14.5. The number of rotatable bonds is 2. The number of aromatic nitrogens is 2. The number of anilines is 2. The third-order valence-corrected chi connectivity index (χ3v) is 5.07. The normalized spacial score (nSPS) is 20.4. The zero-order chi connectivity index (χ0) is 17.6. The molecule has 0 saturated carbocycles. The smallest absolute Gasteiger partial charge is 0.323 e. The molecule has 132 valence electrons. The second-order valence-electron chi connectivity index (χ2n) is 6.88. The molecule has 1 N–H and O–H groups in total. The minimum Gasteiger partial charge on any atom is -0.367 e. The standard InChI is InChI=1S/C18H22FN5O/c1-12-5-3-7-15(19)16(12)23-8-4-6-14(11-23)24-10-13-9-22(2)21-17(13)20-18(24)25/h3,5,7,9,14H,4,6,8,10-11H2,1-2H3,(H,20,21,25). The van der Waals surface area contributed by atoms with Crippen molar-refractivity contribution >= 4 is 17.5 Å². The minimum atomic E-state index is -0.196. The van der Waals surface area contributed by atoms with E-state index in [9.17, 15) is 9.18 Å². The van der Waals surface area contributed by atoms with Gasteiger partial charge in [0.15, 0.2) is 5.82 Å². The average molecular weight is 343 g/mol. The van der Waals surface area contributed by atoms with E-state index in [1.807, 2.05) is 31.1 Å². The van der Waals surface area contributed by atoms with Crippen LogP contribution in [0.25, 0.3) is 0 Å². The number of fused-ring (bicyclic) bond motifs is 1. The van der Waals surface area contributed by atoms with E-state index in [0.717, 1.165) is 30.5 Å². The van der Waals surface area contributed by atoms with Crippen molar-refractivity contribution in [2.45, 2.75) is 32.4 Å². The fourth-order valence-corrected chi connectivity index (χ4v) is 3.92. The fourth-order valence-electron chi connectivity index (χ4n) is 3.92. The number of carbonyl (C=O) groups is 1. The lowest BCUT2D eigenvalue weighted by atomic mass is 10.0. The maximum Gasteiger partial charge on any atom is 0.323 e.